The van der Waals surface area contributed by atoms with Gasteiger partial charge in [-0.2, -0.15) is 0 Å². The van der Waals surface area contributed by atoms with Crippen LogP contribution in [0.25, 0.3) is 0 Å². The van der Waals surface area contributed by atoms with E-state index in [2.05, 4.69) is 33.5 Å². The van der Waals surface area contributed by atoms with Gasteiger partial charge in [0, 0.05) is 17.1 Å². The highest BCUT2D eigenvalue weighted by Crippen LogP contribution is 2.17. The summed E-state index contributed by atoms with van der Waals surface area (Å²) in [5.41, 5.74) is 0.699. The van der Waals surface area contributed by atoms with Gasteiger partial charge >= 0.3 is 0 Å². The molecule has 1 fully saturated rings. The number of carbonyl (C=O) groups is 1. The van der Waals surface area contributed by atoms with Gasteiger partial charge in [-0.3, -0.25) is 4.79 Å². The minimum absolute atomic E-state index is 0.00183. The molecular formula is C13H17BrN2O. The molecule has 2 atom stereocenters. The Hall–Kier alpha value is -0.870. The van der Waals surface area contributed by atoms with Crippen LogP contribution in [0.2, 0.25) is 0 Å². The molecule has 2 unspecified atom stereocenters. The fourth-order valence-electron chi connectivity index (χ4n) is 2.07. The van der Waals surface area contributed by atoms with Crippen molar-refractivity contribution in [2.45, 2.75) is 19.4 Å². The maximum atomic E-state index is 12.1. The average Bonchev–Trinajstić information content (AvgIpc) is 2.32. The Morgan fingerprint density at radius 2 is 2.24 bits per heavy atom. The molecule has 1 aliphatic rings. The Bertz CT molecular complexity index is 408. The fraction of sp³-hybridized carbons (Fsp3) is 0.462. The Morgan fingerprint density at radius 3 is 2.94 bits per heavy atom. The van der Waals surface area contributed by atoms with Gasteiger partial charge in [0.2, 0.25) is 0 Å². The summed E-state index contributed by atoms with van der Waals surface area (Å²) in [5.74, 6) is 0.528. The number of piperidine rings is 1. The van der Waals surface area contributed by atoms with E-state index in [0.717, 1.165) is 24.0 Å². The van der Waals surface area contributed by atoms with Crippen molar-refractivity contribution >= 4 is 21.8 Å². The minimum Gasteiger partial charge on any atom is -0.348 e. The number of benzene rings is 1. The van der Waals surface area contributed by atoms with Crippen LogP contribution in [0.1, 0.15) is 23.7 Å². The Labute approximate surface area is 110 Å². The summed E-state index contributed by atoms with van der Waals surface area (Å²) in [4.78, 5) is 12.1. The highest BCUT2D eigenvalue weighted by atomic mass is 79.9. The third-order valence-electron chi connectivity index (χ3n) is 3.26. The van der Waals surface area contributed by atoms with Gasteiger partial charge in [0.15, 0.2) is 0 Å². The zero-order valence-corrected chi connectivity index (χ0v) is 11.5. The predicted octanol–water partition coefficient (Wildman–Crippen LogP) is 2.18. The number of halogens is 1. The molecule has 0 saturated carbocycles. The topological polar surface area (TPSA) is 41.1 Å². The van der Waals surface area contributed by atoms with E-state index in [9.17, 15) is 4.79 Å². The van der Waals surface area contributed by atoms with Crippen molar-refractivity contribution in [1.82, 2.24) is 10.6 Å². The second-order valence-corrected chi connectivity index (χ2v) is 5.38. The van der Waals surface area contributed by atoms with Crippen molar-refractivity contribution in [1.29, 1.82) is 0 Å². The quantitative estimate of drug-likeness (QED) is 0.878. The monoisotopic (exact) mass is 296 g/mol. The number of nitrogens with one attached hydrogen (secondary N) is 2. The third-order valence-corrected chi connectivity index (χ3v) is 3.95. The number of carbonyl (C=O) groups excluding carboxylic acids is 1. The first-order valence-corrected chi connectivity index (χ1v) is 6.74. The van der Waals surface area contributed by atoms with Gasteiger partial charge in [-0.1, -0.05) is 19.1 Å². The minimum atomic E-state index is -0.00183. The molecule has 3 nitrogen and oxygen atoms in total. The molecule has 1 aromatic carbocycles. The molecule has 1 aromatic rings. The Balaban J connectivity index is 2.04. The van der Waals surface area contributed by atoms with Crippen molar-refractivity contribution in [3.8, 4) is 0 Å². The van der Waals surface area contributed by atoms with Crippen LogP contribution in [0, 0.1) is 5.92 Å². The molecule has 0 aliphatic carbocycles. The second kappa shape index (κ2) is 5.65. The van der Waals surface area contributed by atoms with Crippen molar-refractivity contribution in [2.75, 3.05) is 13.1 Å². The van der Waals surface area contributed by atoms with Crippen LogP contribution in [0.5, 0.6) is 0 Å². The van der Waals surface area contributed by atoms with E-state index in [1.54, 1.807) is 0 Å². The summed E-state index contributed by atoms with van der Waals surface area (Å²) in [7, 11) is 0. The molecule has 2 rings (SSSR count). The van der Waals surface area contributed by atoms with E-state index in [-0.39, 0.29) is 11.9 Å². The zero-order valence-electron chi connectivity index (χ0n) is 9.87. The van der Waals surface area contributed by atoms with E-state index in [1.165, 1.54) is 0 Å². The van der Waals surface area contributed by atoms with Crippen LogP contribution in [-0.2, 0) is 0 Å². The lowest BCUT2D eigenvalue weighted by Gasteiger charge is -2.30. The SMILES string of the molecule is CC1CCNCC1NC(=O)c1ccccc1Br. The molecule has 1 saturated heterocycles. The summed E-state index contributed by atoms with van der Waals surface area (Å²) in [6.07, 6.45) is 1.11. The van der Waals surface area contributed by atoms with Crippen LogP contribution in [0.3, 0.4) is 0 Å². The second-order valence-electron chi connectivity index (χ2n) is 4.53. The molecule has 4 heteroatoms. The summed E-state index contributed by atoms with van der Waals surface area (Å²) >= 11 is 3.40. The molecule has 0 radical (unpaired) electrons. The lowest BCUT2D eigenvalue weighted by molar-refractivity contribution is 0.0914. The van der Waals surface area contributed by atoms with Gasteiger partial charge in [0.05, 0.1) is 5.56 Å². The standard InChI is InChI=1S/C13H17BrN2O/c1-9-6-7-15-8-12(9)16-13(17)10-4-2-3-5-11(10)14/h2-5,9,12,15H,6-8H2,1H3,(H,16,17). The van der Waals surface area contributed by atoms with E-state index in [1.807, 2.05) is 24.3 Å². The molecule has 1 heterocycles. The van der Waals surface area contributed by atoms with Crippen LogP contribution < -0.4 is 10.6 Å². The first kappa shape index (κ1) is 12.6. The molecule has 0 spiro atoms. The molecule has 92 valence electrons. The molecule has 1 amide bonds. The van der Waals surface area contributed by atoms with Gasteiger partial charge in [-0.05, 0) is 46.9 Å². The summed E-state index contributed by atoms with van der Waals surface area (Å²) in [6.45, 7) is 4.09. The summed E-state index contributed by atoms with van der Waals surface area (Å²) < 4.78 is 0.842. The summed E-state index contributed by atoms with van der Waals surface area (Å²) in [6, 6.07) is 7.73. The molecule has 2 N–H and O–H groups in total. The normalized spacial score (nSPS) is 24.4. The lowest BCUT2D eigenvalue weighted by Crippen LogP contribution is -2.50. The molecule has 1 aliphatic heterocycles. The predicted molar refractivity (Wildman–Crippen MR) is 72.0 cm³/mol. The van der Waals surface area contributed by atoms with Crippen LogP contribution in [0.15, 0.2) is 28.7 Å². The van der Waals surface area contributed by atoms with Gasteiger partial charge in [0.25, 0.3) is 5.91 Å². The van der Waals surface area contributed by atoms with Gasteiger partial charge in [-0.15, -0.1) is 0 Å². The first-order chi connectivity index (χ1) is 8.18. The maximum absolute atomic E-state index is 12.1. The number of amides is 1. The van der Waals surface area contributed by atoms with E-state index < -0.39 is 0 Å². The lowest BCUT2D eigenvalue weighted by atomic mass is 9.94. The smallest absolute Gasteiger partial charge is 0.252 e. The average molecular weight is 297 g/mol. The molecular weight excluding hydrogens is 280 g/mol. The number of hydrogen-bond donors (Lipinski definition) is 2. The van der Waals surface area contributed by atoms with Crippen molar-refractivity contribution in [3.63, 3.8) is 0 Å². The highest BCUT2D eigenvalue weighted by molar-refractivity contribution is 9.10. The van der Waals surface area contributed by atoms with Gasteiger partial charge in [-0.25, -0.2) is 0 Å². The third kappa shape index (κ3) is 3.07. The van der Waals surface area contributed by atoms with Gasteiger partial charge in [0.1, 0.15) is 0 Å². The zero-order chi connectivity index (χ0) is 12.3. The van der Waals surface area contributed by atoms with Gasteiger partial charge < -0.3 is 10.6 Å². The van der Waals surface area contributed by atoms with E-state index >= 15 is 0 Å². The van der Waals surface area contributed by atoms with Crippen molar-refractivity contribution < 1.29 is 4.79 Å². The van der Waals surface area contributed by atoms with Crippen LogP contribution in [0.4, 0.5) is 0 Å². The Morgan fingerprint density at radius 1 is 1.47 bits per heavy atom. The van der Waals surface area contributed by atoms with E-state index in [4.69, 9.17) is 0 Å². The van der Waals surface area contributed by atoms with E-state index in [0.29, 0.717) is 11.5 Å². The first-order valence-electron chi connectivity index (χ1n) is 5.94. The maximum Gasteiger partial charge on any atom is 0.252 e. The summed E-state index contributed by atoms with van der Waals surface area (Å²) in [5, 5.41) is 6.40. The fourth-order valence-corrected chi connectivity index (χ4v) is 2.54. The largest absolute Gasteiger partial charge is 0.348 e. The molecule has 0 bridgehead atoms. The number of rotatable bonds is 2. The Kier molecular flexibility index (Phi) is 4.18. The van der Waals surface area contributed by atoms with Crippen LogP contribution in [-0.4, -0.2) is 25.0 Å². The van der Waals surface area contributed by atoms with Crippen molar-refractivity contribution in [2.24, 2.45) is 5.92 Å². The molecule has 17 heavy (non-hydrogen) atoms. The molecule has 0 aromatic heterocycles. The highest BCUT2D eigenvalue weighted by Gasteiger charge is 2.23. The van der Waals surface area contributed by atoms with Crippen LogP contribution >= 0.6 is 15.9 Å². The number of hydrogen-bond acceptors (Lipinski definition) is 2. The van der Waals surface area contributed by atoms with Crippen molar-refractivity contribution in [3.05, 3.63) is 34.3 Å².